The second-order valence-electron chi connectivity index (χ2n) is 5.38. The van der Waals surface area contributed by atoms with Gasteiger partial charge in [0.2, 0.25) is 5.28 Å². The lowest BCUT2D eigenvalue weighted by Crippen LogP contribution is -2.47. The number of piperazine rings is 1. The third-order valence-corrected chi connectivity index (χ3v) is 3.98. The SMILES string of the molecule is Cc1cnc(Cl)nc1N1CCN(CC2CC2)CC1. The maximum Gasteiger partial charge on any atom is 0.224 e. The number of rotatable bonds is 3. The zero-order valence-corrected chi connectivity index (χ0v) is 11.5. The van der Waals surface area contributed by atoms with Gasteiger partial charge in [0, 0.05) is 44.5 Å². The lowest BCUT2D eigenvalue weighted by molar-refractivity contribution is 0.247. The number of aryl methyl sites for hydroxylation is 1. The molecule has 2 heterocycles. The summed E-state index contributed by atoms with van der Waals surface area (Å²) in [5, 5.41) is 0.344. The van der Waals surface area contributed by atoms with Gasteiger partial charge >= 0.3 is 0 Å². The van der Waals surface area contributed by atoms with Gasteiger partial charge in [-0.25, -0.2) is 9.97 Å². The van der Waals surface area contributed by atoms with Crippen LogP contribution in [-0.4, -0.2) is 47.6 Å². The lowest BCUT2D eigenvalue weighted by Gasteiger charge is -2.36. The molecule has 0 atom stereocenters. The van der Waals surface area contributed by atoms with Gasteiger partial charge in [-0.15, -0.1) is 0 Å². The molecule has 98 valence electrons. The fourth-order valence-electron chi connectivity index (χ4n) is 2.54. The highest BCUT2D eigenvalue weighted by atomic mass is 35.5. The Morgan fingerprint density at radius 2 is 2.00 bits per heavy atom. The Bertz CT molecular complexity index is 425. The molecule has 0 bridgehead atoms. The minimum Gasteiger partial charge on any atom is -0.354 e. The highest BCUT2D eigenvalue weighted by molar-refractivity contribution is 6.28. The van der Waals surface area contributed by atoms with Gasteiger partial charge in [0.1, 0.15) is 5.82 Å². The summed E-state index contributed by atoms with van der Waals surface area (Å²) < 4.78 is 0. The first-order valence-corrected chi connectivity index (χ1v) is 7.06. The number of aromatic nitrogens is 2. The molecule has 1 aliphatic heterocycles. The normalized spacial score (nSPS) is 21.3. The largest absolute Gasteiger partial charge is 0.354 e. The molecular weight excluding hydrogens is 248 g/mol. The number of halogens is 1. The minimum absolute atomic E-state index is 0.344. The first-order valence-electron chi connectivity index (χ1n) is 6.69. The molecule has 0 amide bonds. The Hall–Kier alpha value is -0.870. The molecule has 1 aromatic heterocycles. The average molecular weight is 267 g/mol. The van der Waals surface area contributed by atoms with Crippen LogP contribution in [0.2, 0.25) is 5.28 Å². The summed E-state index contributed by atoms with van der Waals surface area (Å²) >= 11 is 5.88. The summed E-state index contributed by atoms with van der Waals surface area (Å²) in [6, 6.07) is 0. The zero-order chi connectivity index (χ0) is 12.5. The van der Waals surface area contributed by atoms with E-state index in [4.69, 9.17) is 11.6 Å². The molecule has 18 heavy (non-hydrogen) atoms. The van der Waals surface area contributed by atoms with Crippen molar-refractivity contribution in [2.45, 2.75) is 19.8 Å². The van der Waals surface area contributed by atoms with E-state index in [0.29, 0.717) is 5.28 Å². The van der Waals surface area contributed by atoms with E-state index < -0.39 is 0 Å². The van der Waals surface area contributed by atoms with Crippen molar-refractivity contribution in [3.05, 3.63) is 17.0 Å². The summed E-state index contributed by atoms with van der Waals surface area (Å²) in [5.74, 6) is 1.98. The van der Waals surface area contributed by atoms with Gasteiger partial charge < -0.3 is 4.90 Å². The molecule has 1 aliphatic carbocycles. The van der Waals surface area contributed by atoms with Crippen LogP contribution in [0.15, 0.2) is 6.20 Å². The Morgan fingerprint density at radius 1 is 1.28 bits per heavy atom. The van der Waals surface area contributed by atoms with E-state index in [1.807, 2.05) is 6.92 Å². The maximum absolute atomic E-state index is 5.88. The van der Waals surface area contributed by atoms with E-state index in [-0.39, 0.29) is 0 Å². The molecule has 0 N–H and O–H groups in total. The predicted octanol–water partition coefficient (Wildman–Crippen LogP) is 1.97. The first-order chi connectivity index (χ1) is 8.72. The Labute approximate surface area is 113 Å². The van der Waals surface area contributed by atoms with Crippen molar-refractivity contribution in [2.75, 3.05) is 37.6 Å². The monoisotopic (exact) mass is 266 g/mol. The van der Waals surface area contributed by atoms with Gasteiger partial charge in [0.25, 0.3) is 0 Å². The van der Waals surface area contributed by atoms with Gasteiger partial charge in [0.05, 0.1) is 0 Å². The highest BCUT2D eigenvalue weighted by Crippen LogP contribution is 2.30. The van der Waals surface area contributed by atoms with E-state index >= 15 is 0 Å². The molecule has 1 aromatic rings. The third-order valence-electron chi connectivity index (χ3n) is 3.80. The van der Waals surface area contributed by atoms with Crippen molar-refractivity contribution in [1.82, 2.24) is 14.9 Å². The van der Waals surface area contributed by atoms with Gasteiger partial charge in [-0.05, 0) is 37.3 Å². The van der Waals surface area contributed by atoms with Crippen LogP contribution in [-0.2, 0) is 0 Å². The molecule has 2 fully saturated rings. The maximum atomic E-state index is 5.88. The van der Waals surface area contributed by atoms with Gasteiger partial charge in [0.15, 0.2) is 0 Å². The van der Waals surface area contributed by atoms with Crippen LogP contribution in [0.25, 0.3) is 0 Å². The summed E-state index contributed by atoms with van der Waals surface area (Å²) in [4.78, 5) is 13.3. The van der Waals surface area contributed by atoms with Crippen molar-refractivity contribution in [3.8, 4) is 0 Å². The van der Waals surface area contributed by atoms with Gasteiger partial charge in [-0.3, -0.25) is 4.90 Å². The second kappa shape index (κ2) is 5.02. The highest BCUT2D eigenvalue weighted by Gasteiger charge is 2.27. The van der Waals surface area contributed by atoms with Crippen LogP contribution >= 0.6 is 11.6 Å². The number of hydrogen-bond acceptors (Lipinski definition) is 4. The minimum atomic E-state index is 0.344. The molecule has 4 nitrogen and oxygen atoms in total. The molecule has 0 aromatic carbocycles. The zero-order valence-electron chi connectivity index (χ0n) is 10.8. The summed E-state index contributed by atoms with van der Waals surface area (Å²) in [7, 11) is 0. The van der Waals surface area contributed by atoms with Crippen molar-refractivity contribution in [1.29, 1.82) is 0 Å². The first kappa shape index (κ1) is 12.2. The molecule has 0 radical (unpaired) electrons. The molecule has 2 aliphatic rings. The summed E-state index contributed by atoms with van der Waals surface area (Å²) in [6.07, 6.45) is 4.67. The molecular formula is C13H19ClN4. The van der Waals surface area contributed by atoms with Gasteiger partial charge in [-0.2, -0.15) is 0 Å². The van der Waals surface area contributed by atoms with E-state index in [2.05, 4.69) is 19.8 Å². The Kier molecular flexibility index (Phi) is 3.39. The lowest BCUT2D eigenvalue weighted by atomic mass is 10.2. The van der Waals surface area contributed by atoms with E-state index in [1.54, 1.807) is 6.20 Å². The second-order valence-corrected chi connectivity index (χ2v) is 5.71. The fraction of sp³-hybridized carbons (Fsp3) is 0.692. The van der Waals surface area contributed by atoms with Crippen molar-refractivity contribution in [3.63, 3.8) is 0 Å². The molecule has 3 rings (SSSR count). The van der Waals surface area contributed by atoms with Crippen LogP contribution < -0.4 is 4.90 Å². The number of anilines is 1. The smallest absolute Gasteiger partial charge is 0.224 e. The van der Waals surface area contributed by atoms with Crippen LogP contribution in [0.1, 0.15) is 18.4 Å². The van der Waals surface area contributed by atoms with Crippen LogP contribution in [0.5, 0.6) is 0 Å². The van der Waals surface area contributed by atoms with E-state index in [9.17, 15) is 0 Å². The van der Waals surface area contributed by atoms with Crippen molar-refractivity contribution in [2.24, 2.45) is 5.92 Å². The third kappa shape index (κ3) is 2.75. The van der Waals surface area contributed by atoms with Crippen LogP contribution in [0.3, 0.4) is 0 Å². The Morgan fingerprint density at radius 3 is 2.67 bits per heavy atom. The summed E-state index contributed by atoms with van der Waals surface area (Å²) in [6.45, 7) is 7.69. The van der Waals surface area contributed by atoms with Crippen molar-refractivity contribution >= 4 is 17.4 Å². The molecule has 5 heteroatoms. The van der Waals surface area contributed by atoms with E-state index in [0.717, 1.165) is 43.5 Å². The molecule has 1 saturated heterocycles. The molecule has 1 saturated carbocycles. The predicted molar refractivity (Wildman–Crippen MR) is 73.2 cm³/mol. The number of hydrogen-bond donors (Lipinski definition) is 0. The van der Waals surface area contributed by atoms with E-state index in [1.165, 1.54) is 19.4 Å². The fourth-order valence-corrected chi connectivity index (χ4v) is 2.67. The van der Waals surface area contributed by atoms with Crippen LogP contribution in [0.4, 0.5) is 5.82 Å². The quantitative estimate of drug-likeness (QED) is 0.783. The summed E-state index contributed by atoms with van der Waals surface area (Å²) in [5.41, 5.74) is 1.11. The standard InChI is InChI=1S/C13H19ClN4/c1-10-8-15-13(14)16-12(10)18-6-4-17(5-7-18)9-11-2-3-11/h8,11H,2-7,9H2,1H3. The van der Waals surface area contributed by atoms with Gasteiger partial charge in [-0.1, -0.05) is 0 Å². The number of nitrogens with zero attached hydrogens (tertiary/aromatic N) is 4. The topological polar surface area (TPSA) is 32.3 Å². The van der Waals surface area contributed by atoms with Crippen LogP contribution in [0, 0.1) is 12.8 Å². The Balaban J connectivity index is 1.62. The molecule has 0 spiro atoms. The average Bonchev–Trinajstić information content (AvgIpc) is 3.17. The van der Waals surface area contributed by atoms with Crippen molar-refractivity contribution < 1.29 is 0 Å². The molecule has 0 unspecified atom stereocenters.